The van der Waals surface area contributed by atoms with Gasteiger partial charge in [0.2, 0.25) is 0 Å². The fourth-order valence-corrected chi connectivity index (χ4v) is 2.93. The van der Waals surface area contributed by atoms with E-state index in [9.17, 15) is 0 Å². The lowest BCUT2D eigenvalue weighted by atomic mass is 10.0. The molecule has 3 heteroatoms. The van der Waals surface area contributed by atoms with Crippen molar-refractivity contribution in [3.05, 3.63) is 35.5 Å². The zero-order chi connectivity index (χ0) is 11.8. The first-order chi connectivity index (χ1) is 8.33. The molecule has 1 aromatic heterocycles. The van der Waals surface area contributed by atoms with Gasteiger partial charge in [0.1, 0.15) is 6.73 Å². The number of methoxy groups -OCH3 is 1. The van der Waals surface area contributed by atoms with Crippen molar-refractivity contribution in [3.8, 4) is 0 Å². The lowest BCUT2D eigenvalue weighted by Crippen LogP contribution is -2.29. The molecule has 0 saturated carbocycles. The second kappa shape index (κ2) is 4.17. The summed E-state index contributed by atoms with van der Waals surface area (Å²) < 4.78 is 7.64. The van der Waals surface area contributed by atoms with E-state index in [0.29, 0.717) is 12.8 Å². The van der Waals surface area contributed by atoms with Crippen molar-refractivity contribution in [3.63, 3.8) is 0 Å². The largest absolute Gasteiger partial charge is 0.364 e. The zero-order valence-corrected chi connectivity index (χ0v) is 10.4. The summed E-state index contributed by atoms with van der Waals surface area (Å²) in [5.41, 5.74) is 4.16. The number of para-hydroxylation sites is 1. The third-order valence-corrected chi connectivity index (χ3v) is 3.61. The fourth-order valence-electron chi connectivity index (χ4n) is 2.93. The molecule has 3 rings (SSSR count). The predicted molar refractivity (Wildman–Crippen MR) is 69.1 cm³/mol. The van der Waals surface area contributed by atoms with Gasteiger partial charge in [-0.2, -0.15) is 0 Å². The summed E-state index contributed by atoms with van der Waals surface area (Å²) in [6.07, 6.45) is 1.11. The maximum atomic E-state index is 5.34. The van der Waals surface area contributed by atoms with Gasteiger partial charge < -0.3 is 14.6 Å². The van der Waals surface area contributed by atoms with E-state index in [1.54, 1.807) is 7.11 Å². The zero-order valence-electron chi connectivity index (χ0n) is 10.4. The summed E-state index contributed by atoms with van der Waals surface area (Å²) in [5, 5.41) is 4.90. The highest BCUT2D eigenvalue weighted by Crippen LogP contribution is 2.32. The predicted octanol–water partition coefficient (Wildman–Crippen LogP) is 2.45. The molecule has 0 spiro atoms. The SMILES string of the molecule is COCn1c2c(c3ccccc31)CCNC2C. The van der Waals surface area contributed by atoms with Crippen LogP contribution in [0, 0.1) is 0 Å². The number of hydrogen-bond donors (Lipinski definition) is 1. The first-order valence-corrected chi connectivity index (χ1v) is 6.15. The molecule has 1 atom stereocenters. The van der Waals surface area contributed by atoms with Gasteiger partial charge in [0.15, 0.2) is 0 Å². The number of aromatic nitrogens is 1. The van der Waals surface area contributed by atoms with Gasteiger partial charge in [-0.3, -0.25) is 0 Å². The van der Waals surface area contributed by atoms with Crippen LogP contribution in [0.5, 0.6) is 0 Å². The minimum atomic E-state index is 0.404. The molecule has 90 valence electrons. The van der Waals surface area contributed by atoms with E-state index < -0.39 is 0 Å². The van der Waals surface area contributed by atoms with Crippen LogP contribution in [-0.4, -0.2) is 18.2 Å². The molecule has 0 radical (unpaired) electrons. The van der Waals surface area contributed by atoms with Crippen LogP contribution in [0.3, 0.4) is 0 Å². The smallest absolute Gasteiger partial charge is 0.122 e. The van der Waals surface area contributed by atoms with Gasteiger partial charge in [0, 0.05) is 24.2 Å². The van der Waals surface area contributed by atoms with Crippen molar-refractivity contribution in [1.29, 1.82) is 0 Å². The Bertz CT molecular complexity index is 544. The van der Waals surface area contributed by atoms with Gasteiger partial charge in [-0.1, -0.05) is 18.2 Å². The number of ether oxygens (including phenoxy) is 1. The summed E-state index contributed by atoms with van der Waals surface area (Å²) in [4.78, 5) is 0. The minimum Gasteiger partial charge on any atom is -0.364 e. The molecule has 17 heavy (non-hydrogen) atoms. The quantitative estimate of drug-likeness (QED) is 0.857. The second-order valence-electron chi connectivity index (χ2n) is 4.65. The fraction of sp³-hybridized carbons (Fsp3) is 0.429. The van der Waals surface area contributed by atoms with Crippen molar-refractivity contribution in [2.45, 2.75) is 26.1 Å². The van der Waals surface area contributed by atoms with Crippen molar-refractivity contribution in [2.24, 2.45) is 0 Å². The summed E-state index contributed by atoms with van der Waals surface area (Å²) in [5.74, 6) is 0. The number of rotatable bonds is 2. The van der Waals surface area contributed by atoms with Gasteiger partial charge >= 0.3 is 0 Å². The molecule has 1 aliphatic rings. The lowest BCUT2D eigenvalue weighted by Gasteiger charge is -2.23. The Morgan fingerprint density at radius 2 is 2.24 bits per heavy atom. The highest BCUT2D eigenvalue weighted by molar-refractivity contribution is 5.86. The van der Waals surface area contributed by atoms with Crippen LogP contribution in [-0.2, 0) is 17.9 Å². The Morgan fingerprint density at radius 3 is 3.06 bits per heavy atom. The summed E-state index contributed by atoms with van der Waals surface area (Å²) in [7, 11) is 1.75. The Kier molecular flexibility index (Phi) is 2.65. The molecule has 1 unspecified atom stereocenters. The molecule has 0 aliphatic carbocycles. The highest BCUT2D eigenvalue weighted by Gasteiger charge is 2.23. The van der Waals surface area contributed by atoms with Crippen molar-refractivity contribution < 1.29 is 4.74 Å². The van der Waals surface area contributed by atoms with Crippen LogP contribution >= 0.6 is 0 Å². The first kappa shape index (κ1) is 10.8. The van der Waals surface area contributed by atoms with Gasteiger partial charge in [-0.15, -0.1) is 0 Å². The molecule has 2 aromatic rings. The Hall–Kier alpha value is -1.32. The topological polar surface area (TPSA) is 26.2 Å². The Labute approximate surface area is 101 Å². The van der Waals surface area contributed by atoms with Gasteiger partial charge in [-0.25, -0.2) is 0 Å². The van der Waals surface area contributed by atoms with E-state index in [1.165, 1.54) is 22.2 Å². The molecular weight excluding hydrogens is 212 g/mol. The van der Waals surface area contributed by atoms with Gasteiger partial charge in [0.05, 0.1) is 5.52 Å². The molecule has 1 N–H and O–H groups in total. The van der Waals surface area contributed by atoms with Gasteiger partial charge in [-0.05, 0) is 31.5 Å². The maximum Gasteiger partial charge on any atom is 0.122 e. The number of fused-ring (bicyclic) bond motifs is 3. The van der Waals surface area contributed by atoms with Crippen LogP contribution in [0.1, 0.15) is 24.2 Å². The van der Waals surface area contributed by atoms with Crippen LogP contribution < -0.4 is 5.32 Å². The third kappa shape index (κ3) is 1.58. The normalized spacial score (nSPS) is 19.5. The molecule has 1 aromatic carbocycles. The Morgan fingerprint density at radius 1 is 1.41 bits per heavy atom. The van der Waals surface area contributed by atoms with E-state index in [1.807, 2.05) is 0 Å². The summed E-state index contributed by atoms with van der Waals surface area (Å²) in [6.45, 7) is 3.92. The average molecular weight is 230 g/mol. The van der Waals surface area contributed by atoms with Crippen molar-refractivity contribution >= 4 is 10.9 Å². The van der Waals surface area contributed by atoms with E-state index in [2.05, 4.69) is 41.1 Å². The molecule has 0 fully saturated rings. The molecule has 0 bridgehead atoms. The van der Waals surface area contributed by atoms with E-state index in [0.717, 1.165) is 13.0 Å². The number of hydrogen-bond acceptors (Lipinski definition) is 2. The van der Waals surface area contributed by atoms with Crippen molar-refractivity contribution in [1.82, 2.24) is 9.88 Å². The molecule has 2 heterocycles. The maximum absolute atomic E-state index is 5.34. The first-order valence-electron chi connectivity index (χ1n) is 6.15. The number of nitrogens with one attached hydrogen (secondary N) is 1. The van der Waals surface area contributed by atoms with E-state index >= 15 is 0 Å². The minimum absolute atomic E-state index is 0.404. The molecular formula is C14H18N2O. The van der Waals surface area contributed by atoms with E-state index in [-0.39, 0.29) is 0 Å². The monoisotopic (exact) mass is 230 g/mol. The average Bonchev–Trinajstić information content (AvgIpc) is 2.67. The molecule has 0 amide bonds. The standard InChI is InChI=1S/C14H18N2O/c1-10-14-12(7-8-15-10)11-5-3-4-6-13(11)16(14)9-17-2/h3-6,10,15H,7-9H2,1-2H3. The van der Waals surface area contributed by atoms with Gasteiger partial charge in [0.25, 0.3) is 0 Å². The number of nitrogens with zero attached hydrogens (tertiary/aromatic N) is 1. The van der Waals surface area contributed by atoms with E-state index in [4.69, 9.17) is 4.74 Å². The highest BCUT2D eigenvalue weighted by atomic mass is 16.5. The summed E-state index contributed by atoms with van der Waals surface area (Å²) in [6, 6.07) is 9.02. The molecule has 3 nitrogen and oxygen atoms in total. The van der Waals surface area contributed by atoms with Crippen molar-refractivity contribution in [2.75, 3.05) is 13.7 Å². The van der Waals surface area contributed by atoms with Crippen LogP contribution in [0.25, 0.3) is 10.9 Å². The summed E-state index contributed by atoms with van der Waals surface area (Å²) >= 11 is 0. The molecule has 1 aliphatic heterocycles. The second-order valence-corrected chi connectivity index (χ2v) is 4.65. The lowest BCUT2D eigenvalue weighted by molar-refractivity contribution is 0.130. The van der Waals surface area contributed by atoms with Crippen LogP contribution in [0.15, 0.2) is 24.3 Å². The van der Waals surface area contributed by atoms with Crippen LogP contribution in [0.2, 0.25) is 0 Å². The Balaban J connectivity index is 2.31. The molecule has 0 saturated heterocycles. The van der Waals surface area contributed by atoms with Crippen LogP contribution in [0.4, 0.5) is 0 Å². The third-order valence-electron chi connectivity index (χ3n) is 3.61. The number of benzene rings is 1.